The molecule has 26 heavy (non-hydrogen) atoms. The molecule has 3 N–H and O–H groups in total. The first-order valence-electron chi connectivity index (χ1n) is 8.63. The van der Waals surface area contributed by atoms with Crippen LogP contribution in [0.2, 0.25) is 5.02 Å². The number of hydrogen-bond acceptors (Lipinski definition) is 1. The van der Waals surface area contributed by atoms with Crippen molar-refractivity contribution in [3.05, 3.63) is 101 Å². The van der Waals surface area contributed by atoms with E-state index in [4.69, 9.17) is 11.6 Å². The van der Waals surface area contributed by atoms with Crippen LogP contribution in [0.4, 0.5) is 5.69 Å². The van der Waals surface area contributed by atoms with Crippen LogP contribution in [0.5, 0.6) is 0 Å². The molecule has 0 saturated heterocycles. The number of halogens is 1. The monoisotopic (exact) mass is 365 g/mol. The highest BCUT2D eigenvalue weighted by molar-refractivity contribution is 6.31. The molecule has 1 amide bonds. The second-order valence-electron chi connectivity index (χ2n) is 6.20. The van der Waals surface area contributed by atoms with Gasteiger partial charge in [-0.15, -0.1) is 0 Å². The Morgan fingerprint density at radius 3 is 2.08 bits per heavy atom. The number of amides is 1. The standard InChI is InChI=1S/C22H21ClN2O/c1-16-19(23)13-8-14-20(16)25-21(26)15-24-22(17-9-4-2-5-10-17)18-11-6-3-7-12-18/h2-14,22,24H,15H2,1H3,(H,25,26)/p+1. The SMILES string of the molecule is Cc1c(Cl)cccc1NC(=O)C[NH2+]C(c1ccccc1)c1ccccc1. The van der Waals surface area contributed by atoms with E-state index in [9.17, 15) is 4.79 Å². The van der Waals surface area contributed by atoms with Gasteiger partial charge in [-0.2, -0.15) is 0 Å². The molecule has 0 fully saturated rings. The maximum absolute atomic E-state index is 12.5. The van der Waals surface area contributed by atoms with E-state index in [0.717, 1.165) is 11.3 Å². The zero-order valence-electron chi connectivity index (χ0n) is 14.7. The normalized spacial score (nSPS) is 10.7. The summed E-state index contributed by atoms with van der Waals surface area (Å²) in [4.78, 5) is 12.5. The molecule has 3 aromatic rings. The lowest BCUT2D eigenvalue weighted by Crippen LogP contribution is -2.87. The van der Waals surface area contributed by atoms with E-state index in [1.165, 1.54) is 11.1 Å². The molecule has 0 radical (unpaired) electrons. The molecule has 0 aromatic heterocycles. The van der Waals surface area contributed by atoms with Crippen LogP contribution in [0.3, 0.4) is 0 Å². The highest BCUT2D eigenvalue weighted by Gasteiger charge is 2.19. The number of nitrogens with two attached hydrogens (primary N) is 1. The summed E-state index contributed by atoms with van der Waals surface area (Å²) in [5.41, 5.74) is 3.98. The van der Waals surface area contributed by atoms with E-state index in [1.807, 2.05) is 61.5 Å². The summed E-state index contributed by atoms with van der Waals surface area (Å²) < 4.78 is 0. The van der Waals surface area contributed by atoms with Gasteiger partial charge in [-0.3, -0.25) is 4.79 Å². The minimum absolute atomic E-state index is 0.0489. The van der Waals surface area contributed by atoms with Crippen molar-refractivity contribution < 1.29 is 10.1 Å². The molecule has 0 aliphatic heterocycles. The van der Waals surface area contributed by atoms with E-state index in [2.05, 4.69) is 34.9 Å². The molecule has 3 rings (SSSR count). The Morgan fingerprint density at radius 2 is 1.50 bits per heavy atom. The van der Waals surface area contributed by atoms with Gasteiger partial charge in [0, 0.05) is 21.8 Å². The van der Waals surface area contributed by atoms with Crippen molar-refractivity contribution in [2.75, 3.05) is 11.9 Å². The summed E-state index contributed by atoms with van der Waals surface area (Å²) in [7, 11) is 0. The van der Waals surface area contributed by atoms with E-state index < -0.39 is 0 Å². The Hall–Kier alpha value is -2.62. The fourth-order valence-electron chi connectivity index (χ4n) is 2.95. The fourth-order valence-corrected chi connectivity index (χ4v) is 3.13. The Kier molecular flexibility index (Phi) is 6.05. The van der Waals surface area contributed by atoms with Crippen molar-refractivity contribution in [2.24, 2.45) is 0 Å². The first-order chi connectivity index (χ1) is 12.6. The van der Waals surface area contributed by atoms with Gasteiger partial charge in [-0.25, -0.2) is 0 Å². The quantitative estimate of drug-likeness (QED) is 0.682. The van der Waals surface area contributed by atoms with Crippen molar-refractivity contribution in [2.45, 2.75) is 13.0 Å². The number of rotatable bonds is 6. The summed E-state index contributed by atoms with van der Waals surface area (Å²) in [6.45, 7) is 2.22. The maximum atomic E-state index is 12.5. The third-order valence-electron chi connectivity index (χ3n) is 4.40. The molecular formula is C22H22ClN2O+. The lowest BCUT2D eigenvalue weighted by molar-refractivity contribution is -0.676. The molecule has 0 unspecified atom stereocenters. The van der Waals surface area contributed by atoms with Crippen molar-refractivity contribution >= 4 is 23.2 Å². The molecule has 0 spiro atoms. The van der Waals surface area contributed by atoms with Gasteiger partial charge in [-0.1, -0.05) is 78.3 Å². The molecule has 132 valence electrons. The first kappa shape index (κ1) is 18.2. The van der Waals surface area contributed by atoms with Crippen molar-refractivity contribution in [3.63, 3.8) is 0 Å². The van der Waals surface area contributed by atoms with Crippen LogP contribution in [-0.4, -0.2) is 12.5 Å². The predicted octanol–water partition coefficient (Wildman–Crippen LogP) is 3.94. The Bertz CT molecular complexity index is 826. The summed E-state index contributed by atoms with van der Waals surface area (Å²) in [6.07, 6.45) is 0. The molecule has 4 heteroatoms. The van der Waals surface area contributed by atoms with Crippen LogP contribution in [0, 0.1) is 6.92 Å². The van der Waals surface area contributed by atoms with Gasteiger partial charge in [0.05, 0.1) is 0 Å². The summed E-state index contributed by atoms with van der Waals surface area (Å²) in [5, 5.41) is 5.66. The largest absolute Gasteiger partial charge is 0.328 e. The zero-order chi connectivity index (χ0) is 18.4. The average Bonchev–Trinajstić information content (AvgIpc) is 2.67. The minimum atomic E-state index is -0.0489. The maximum Gasteiger partial charge on any atom is 0.279 e. The molecule has 0 saturated carbocycles. The van der Waals surface area contributed by atoms with E-state index in [0.29, 0.717) is 11.6 Å². The van der Waals surface area contributed by atoms with Gasteiger partial charge in [0.15, 0.2) is 6.54 Å². The molecular weight excluding hydrogens is 344 g/mol. The van der Waals surface area contributed by atoms with Crippen LogP contribution in [0.1, 0.15) is 22.7 Å². The first-order valence-corrected chi connectivity index (χ1v) is 9.01. The average molecular weight is 366 g/mol. The second-order valence-corrected chi connectivity index (χ2v) is 6.61. The molecule has 0 atom stereocenters. The zero-order valence-corrected chi connectivity index (χ0v) is 15.4. The van der Waals surface area contributed by atoms with Crippen LogP contribution in [0.25, 0.3) is 0 Å². The van der Waals surface area contributed by atoms with Crippen LogP contribution in [-0.2, 0) is 4.79 Å². The minimum Gasteiger partial charge on any atom is -0.328 e. The summed E-state index contributed by atoms with van der Waals surface area (Å²) in [5.74, 6) is -0.0489. The number of hydrogen-bond donors (Lipinski definition) is 2. The van der Waals surface area contributed by atoms with Gasteiger partial charge in [-0.05, 0) is 24.6 Å². The Morgan fingerprint density at radius 1 is 0.923 bits per heavy atom. The van der Waals surface area contributed by atoms with Gasteiger partial charge in [0.2, 0.25) is 0 Å². The summed E-state index contributed by atoms with van der Waals surface area (Å²) >= 11 is 6.13. The van der Waals surface area contributed by atoms with E-state index >= 15 is 0 Å². The fraction of sp³-hybridized carbons (Fsp3) is 0.136. The van der Waals surface area contributed by atoms with Crippen molar-refractivity contribution in [3.8, 4) is 0 Å². The van der Waals surface area contributed by atoms with Gasteiger partial charge in [0.25, 0.3) is 5.91 Å². The van der Waals surface area contributed by atoms with E-state index in [1.54, 1.807) is 0 Å². The smallest absolute Gasteiger partial charge is 0.279 e. The number of carbonyl (C=O) groups is 1. The molecule has 0 heterocycles. The van der Waals surface area contributed by atoms with Crippen LogP contribution < -0.4 is 10.6 Å². The highest BCUT2D eigenvalue weighted by Crippen LogP contribution is 2.22. The number of anilines is 1. The van der Waals surface area contributed by atoms with Crippen LogP contribution >= 0.6 is 11.6 Å². The lowest BCUT2D eigenvalue weighted by Gasteiger charge is -2.17. The molecule has 0 aliphatic rings. The Labute approximate surface area is 159 Å². The van der Waals surface area contributed by atoms with Gasteiger partial charge in [0.1, 0.15) is 6.04 Å². The number of nitrogens with one attached hydrogen (secondary N) is 1. The van der Waals surface area contributed by atoms with Crippen molar-refractivity contribution in [1.29, 1.82) is 0 Å². The van der Waals surface area contributed by atoms with E-state index in [-0.39, 0.29) is 11.9 Å². The molecule has 0 aliphatic carbocycles. The third kappa shape index (κ3) is 4.51. The molecule has 3 aromatic carbocycles. The lowest BCUT2D eigenvalue weighted by atomic mass is 9.99. The second kappa shape index (κ2) is 8.65. The topological polar surface area (TPSA) is 45.7 Å². The predicted molar refractivity (Wildman–Crippen MR) is 106 cm³/mol. The Balaban J connectivity index is 1.72. The number of carbonyl (C=O) groups excluding carboxylic acids is 1. The number of quaternary nitrogens is 1. The van der Waals surface area contributed by atoms with Gasteiger partial charge < -0.3 is 10.6 Å². The van der Waals surface area contributed by atoms with Crippen molar-refractivity contribution in [1.82, 2.24) is 0 Å². The molecule has 3 nitrogen and oxygen atoms in total. The summed E-state index contributed by atoms with van der Waals surface area (Å²) in [6, 6.07) is 26.0. The van der Waals surface area contributed by atoms with Gasteiger partial charge >= 0.3 is 0 Å². The molecule has 0 bridgehead atoms. The highest BCUT2D eigenvalue weighted by atomic mass is 35.5. The van der Waals surface area contributed by atoms with Crippen LogP contribution in [0.15, 0.2) is 78.9 Å². The third-order valence-corrected chi connectivity index (χ3v) is 4.81. The number of benzene rings is 3.